The second-order valence-electron chi connectivity index (χ2n) is 2.47. The number of rotatable bonds is 2. The Labute approximate surface area is 91.2 Å². The van der Waals surface area contributed by atoms with E-state index in [2.05, 4.69) is 10.6 Å². The fourth-order valence-electron chi connectivity index (χ4n) is 0.850. The van der Waals surface area contributed by atoms with Gasteiger partial charge in [-0.3, -0.25) is 0 Å². The minimum Gasteiger partial charge on any atom is -0.341 e. The van der Waals surface area contributed by atoms with Crippen LogP contribution in [-0.4, -0.2) is 13.1 Å². The van der Waals surface area contributed by atoms with E-state index in [0.717, 1.165) is 5.56 Å². The summed E-state index contributed by atoms with van der Waals surface area (Å²) >= 11 is 0. The van der Waals surface area contributed by atoms with Crippen LogP contribution in [0.15, 0.2) is 36.5 Å². The van der Waals surface area contributed by atoms with Crippen LogP contribution in [0.2, 0.25) is 0 Å². The van der Waals surface area contributed by atoms with Gasteiger partial charge < -0.3 is 10.6 Å². The first-order chi connectivity index (χ1) is 7.33. The third-order valence-electron chi connectivity index (χ3n) is 1.52. The molecular weight excluding hydrogens is 188 g/mol. The van der Waals surface area contributed by atoms with Gasteiger partial charge in [-0.15, -0.1) is 0 Å². The van der Waals surface area contributed by atoms with Crippen molar-refractivity contribution in [3.63, 3.8) is 0 Å². The third-order valence-corrected chi connectivity index (χ3v) is 1.52. The van der Waals surface area contributed by atoms with Crippen LogP contribution < -0.4 is 10.6 Å². The molecule has 2 amide bonds. The van der Waals surface area contributed by atoms with Crippen LogP contribution in [0.1, 0.15) is 19.4 Å². The molecule has 0 saturated heterocycles. The summed E-state index contributed by atoms with van der Waals surface area (Å²) in [5, 5.41) is 5.00. The second kappa shape index (κ2) is 8.81. The van der Waals surface area contributed by atoms with Gasteiger partial charge in [0, 0.05) is 13.2 Å². The maximum atomic E-state index is 10.7. The molecule has 82 valence electrons. The van der Waals surface area contributed by atoms with Crippen LogP contribution in [0.3, 0.4) is 0 Å². The molecule has 0 unspecified atom stereocenters. The number of urea groups is 1. The highest BCUT2D eigenvalue weighted by molar-refractivity contribution is 5.75. The van der Waals surface area contributed by atoms with Crippen LogP contribution in [0, 0.1) is 0 Å². The van der Waals surface area contributed by atoms with Crippen molar-refractivity contribution in [1.29, 1.82) is 0 Å². The number of nitrogens with one attached hydrogen (secondary N) is 2. The zero-order chi connectivity index (χ0) is 11.5. The summed E-state index contributed by atoms with van der Waals surface area (Å²) in [6.07, 6.45) is 3.43. The molecule has 0 fully saturated rings. The Morgan fingerprint density at radius 1 is 1.20 bits per heavy atom. The van der Waals surface area contributed by atoms with Crippen molar-refractivity contribution < 1.29 is 4.79 Å². The summed E-state index contributed by atoms with van der Waals surface area (Å²) in [6, 6.07) is 9.54. The Kier molecular flexibility index (Phi) is 7.77. The molecule has 1 aromatic carbocycles. The van der Waals surface area contributed by atoms with Crippen molar-refractivity contribution in [3.8, 4) is 0 Å². The number of hydrogen-bond acceptors (Lipinski definition) is 1. The number of carbonyl (C=O) groups excluding carboxylic acids is 1. The molecule has 2 N–H and O–H groups in total. The van der Waals surface area contributed by atoms with Gasteiger partial charge in [0.1, 0.15) is 0 Å². The molecule has 0 spiro atoms. The molecule has 15 heavy (non-hydrogen) atoms. The molecule has 0 bridgehead atoms. The molecule has 0 saturated carbocycles. The quantitative estimate of drug-likeness (QED) is 0.767. The molecule has 3 heteroatoms. The van der Waals surface area contributed by atoms with E-state index in [0.29, 0.717) is 0 Å². The maximum absolute atomic E-state index is 10.7. The second-order valence-corrected chi connectivity index (χ2v) is 2.47. The van der Waals surface area contributed by atoms with Crippen LogP contribution >= 0.6 is 0 Å². The van der Waals surface area contributed by atoms with Crippen molar-refractivity contribution in [2.24, 2.45) is 0 Å². The van der Waals surface area contributed by atoms with Gasteiger partial charge in [0.2, 0.25) is 0 Å². The monoisotopic (exact) mass is 206 g/mol. The van der Waals surface area contributed by atoms with Crippen molar-refractivity contribution in [1.82, 2.24) is 10.6 Å². The van der Waals surface area contributed by atoms with Gasteiger partial charge in [-0.05, 0) is 11.6 Å². The van der Waals surface area contributed by atoms with Gasteiger partial charge in [0.25, 0.3) is 0 Å². The summed E-state index contributed by atoms with van der Waals surface area (Å²) in [5.74, 6) is 0. The summed E-state index contributed by atoms with van der Waals surface area (Å²) in [7, 11) is 1.58. The standard InChI is InChI=1S/C10H12N2O.C2H6/c1-11-10(13)12-8-7-9-5-3-2-4-6-9;1-2/h2-8H,1H3,(H2,11,12,13);1-2H3/b8-7+;. The highest BCUT2D eigenvalue weighted by atomic mass is 16.2. The summed E-state index contributed by atoms with van der Waals surface area (Å²) < 4.78 is 0. The molecule has 0 aromatic heterocycles. The van der Waals surface area contributed by atoms with E-state index in [9.17, 15) is 4.79 Å². The van der Waals surface area contributed by atoms with Crippen molar-refractivity contribution >= 4 is 12.1 Å². The summed E-state index contributed by atoms with van der Waals surface area (Å²) in [6.45, 7) is 4.00. The van der Waals surface area contributed by atoms with E-state index >= 15 is 0 Å². The van der Waals surface area contributed by atoms with E-state index in [1.165, 1.54) is 0 Å². The lowest BCUT2D eigenvalue weighted by molar-refractivity contribution is 0.246. The first-order valence-corrected chi connectivity index (χ1v) is 5.03. The van der Waals surface area contributed by atoms with Crippen LogP contribution in [0.4, 0.5) is 4.79 Å². The average molecular weight is 206 g/mol. The van der Waals surface area contributed by atoms with Crippen LogP contribution in [-0.2, 0) is 0 Å². The van der Waals surface area contributed by atoms with Crippen LogP contribution in [0.25, 0.3) is 6.08 Å². The lowest BCUT2D eigenvalue weighted by Crippen LogP contribution is -2.28. The Balaban J connectivity index is 0.000000921. The van der Waals surface area contributed by atoms with E-state index in [1.807, 2.05) is 50.3 Å². The Hall–Kier alpha value is -1.77. The van der Waals surface area contributed by atoms with Gasteiger partial charge in [-0.1, -0.05) is 44.2 Å². The zero-order valence-electron chi connectivity index (χ0n) is 9.45. The lowest BCUT2D eigenvalue weighted by Gasteiger charge is -1.96. The smallest absolute Gasteiger partial charge is 0.318 e. The van der Waals surface area contributed by atoms with E-state index in [-0.39, 0.29) is 6.03 Å². The SMILES string of the molecule is CC.CNC(=O)N/C=C/c1ccccc1. The van der Waals surface area contributed by atoms with Crippen molar-refractivity contribution in [2.45, 2.75) is 13.8 Å². The largest absolute Gasteiger partial charge is 0.341 e. The first kappa shape index (κ1) is 13.2. The molecule has 0 aliphatic heterocycles. The van der Waals surface area contributed by atoms with Gasteiger partial charge in [0.15, 0.2) is 0 Å². The summed E-state index contributed by atoms with van der Waals surface area (Å²) in [4.78, 5) is 10.7. The molecule has 0 aliphatic rings. The highest BCUT2D eigenvalue weighted by Gasteiger charge is 1.88. The third kappa shape index (κ3) is 6.32. The first-order valence-electron chi connectivity index (χ1n) is 5.03. The highest BCUT2D eigenvalue weighted by Crippen LogP contribution is 1.99. The van der Waals surface area contributed by atoms with E-state index in [4.69, 9.17) is 0 Å². The number of hydrogen-bond donors (Lipinski definition) is 2. The molecule has 0 aliphatic carbocycles. The molecule has 1 rings (SSSR count). The Bertz CT molecular complexity index is 294. The van der Waals surface area contributed by atoms with Gasteiger partial charge in [-0.2, -0.15) is 0 Å². The number of carbonyl (C=O) groups is 1. The van der Waals surface area contributed by atoms with Gasteiger partial charge in [-0.25, -0.2) is 4.79 Å². The fraction of sp³-hybridized carbons (Fsp3) is 0.250. The molecule has 0 atom stereocenters. The number of benzene rings is 1. The predicted molar refractivity (Wildman–Crippen MR) is 64.4 cm³/mol. The Morgan fingerprint density at radius 3 is 2.33 bits per heavy atom. The van der Waals surface area contributed by atoms with E-state index in [1.54, 1.807) is 13.2 Å². The van der Waals surface area contributed by atoms with Crippen LogP contribution in [0.5, 0.6) is 0 Å². The molecular formula is C12H18N2O. The fourth-order valence-corrected chi connectivity index (χ4v) is 0.850. The molecule has 0 radical (unpaired) electrons. The molecule has 3 nitrogen and oxygen atoms in total. The van der Waals surface area contributed by atoms with E-state index < -0.39 is 0 Å². The topological polar surface area (TPSA) is 41.1 Å². The number of amides is 2. The Morgan fingerprint density at radius 2 is 1.80 bits per heavy atom. The average Bonchev–Trinajstić information content (AvgIpc) is 2.33. The van der Waals surface area contributed by atoms with Crippen molar-refractivity contribution in [3.05, 3.63) is 42.1 Å². The predicted octanol–water partition coefficient (Wildman–Crippen LogP) is 2.61. The van der Waals surface area contributed by atoms with Crippen molar-refractivity contribution in [2.75, 3.05) is 7.05 Å². The normalized spacial score (nSPS) is 9.00. The minimum atomic E-state index is -0.216. The molecule has 0 heterocycles. The van der Waals surface area contributed by atoms with Gasteiger partial charge in [0.05, 0.1) is 0 Å². The maximum Gasteiger partial charge on any atom is 0.318 e. The minimum absolute atomic E-state index is 0.216. The zero-order valence-corrected chi connectivity index (χ0v) is 9.45. The summed E-state index contributed by atoms with van der Waals surface area (Å²) in [5.41, 5.74) is 1.05. The lowest BCUT2D eigenvalue weighted by atomic mass is 10.2. The molecule has 1 aromatic rings. The van der Waals surface area contributed by atoms with Gasteiger partial charge >= 0.3 is 6.03 Å².